The molecule has 0 bridgehead atoms. The van der Waals surface area contributed by atoms with E-state index in [0.29, 0.717) is 40.8 Å². The van der Waals surface area contributed by atoms with Crippen LogP contribution >= 0.6 is 0 Å². The second kappa shape index (κ2) is 26.4. The van der Waals surface area contributed by atoms with Crippen molar-refractivity contribution < 1.29 is 72.2 Å². The van der Waals surface area contributed by atoms with E-state index in [1.54, 1.807) is 55.4 Å². The summed E-state index contributed by atoms with van der Waals surface area (Å²) in [4.78, 5) is 83.2. The van der Waals surface area contributed by atoms with Gasteiger partial charge in [0.25, 0.3) is 20.1 Å². The zero-order chi connectivity index (χ0) is 59.6. The van der Waals surface area contributed by atoms with Gasteiger partial charge in [0.1, 0.15) is 51.8 Å². The van der Waals surface area contributed by atoms with Gasteiger partial charge >= 0.3 is 16.1 Å². The third-order valence-corrected chi connectivity index (χ3v) is 16.2. The second-order valence-electron chi connectivity index (χ2n) is 21.3. The van der Waals surface area contributed by atoms with Crippen LogP contribution in [0, 0.1) is 26.7 Å². The Kier molecular flexibility index (Phi) is 21.6. The van der Waals surface area contributed by atoms with E-state index in [1.807, 2.05) is 13.8 Å². The highest BCUT2D eigenvalue weighted by Crippen LogP contribution is 2.42. The number of primary amides is 1. The summed E-state index contributed by atoms with van der Waals surface area (Å²) in [7, 11) is -13.4. The van der Waals surface area contributed by atoms with Crippen LogP contribution in [-0.4, -0.2) is 113 Å². The molecule has 4 atom stereocenters. The van der Waals surface area contributed by atoms with Crippen molar-refractivity contribution in [2.45, 2.75) is 178 Å². The number of rotatable bonds is 25. The van der Waals surface area contributed by atoms with Gasteiger partial charge in [-0.05, 0) is 164 Å². The summed E-state index contributed by atoms with van der Waals surface area (Å²) in [5, 5.41) is 10.3. The van der Waals surface area contributed by atoms with Crippen molar-refractivity contribution in [2.75, 3.05) is 6.54 Å². The predicted molar refractivity (Wildman–Crippen MR) is 291 cm³/mol. The summed E-state index contributed by atoms with van der Waals surface area (Å²) in [5.74, 6) is -5.05. The number of aliphatic imine (C=N–C) groups is 1. The molecule has 3 aromatic rings. The molecule has 5 amide bonds. The lowest BCUT2D eigenvalue weighted by Gasteiger charge is -2.35. The molecule has 4 rings (SSSR count). The topological polar surface area (TPSA) is 377 Å². The van der Waals surface area contributed by atoms with Crippen molar-refractivity contribution in [1.29, 1.82) is 0 Å². The van der Waals surface area contributed by atoms with Crippen molar-refractivity contribution in [3.05, 3.63) is 76.3 Å². The maximum Gasteiger partial charge on any atom is 0.339 e. The molecule has 0 aromatic heterocycles. The van der Waals surface area contributed by atoms with Crippen LogP contribution in [0.4, 0.5) is 0 Å². The van der Waals surface area contributed by atoms with Crippen molar-refractivity contribution >= 4 is 71.7 Å². The van der Waals surface area contributed by atoms with Crippen molar-refractivity contribution in [1.82, 2.24) is 26.0 Å². The van der Waals surface area contributed by atoms with Gasteiger partial charge < -0.3 is 46.4 Å². The summed E-state index contributed by atoms with van der Waals surface area (Å²) in [6.45, 7) is 18.7. The Bertz CT molecular complexity index is 3140. The zero-order valence-electron chi connectivity index (χ0n) is 46.3. The first kappa shape index (κ1) is 64.7. The fourth-order valence-electron chi connectivity index (χ4n) is 8.52. The average Bonchev–Trinajstić information content (AvgIpc) is 3.32. The lowest BCUT2D eigenvalue weighted by Crippen LogP contribution is -2.58. The number of amides is 5. The van der Waals surface area contributed by atoms with Crippen LogP contribution in [0.1, 0.15) is 122 Å². The molecule has 0 spiro atoms. The van der Waals surface area contributed by atoms with Crippen LogP contribution in [-0.2, 0) is 76.6 Å². The molecular formula is C52H74N8O16S3. The van der Waals surface area contributed by atoms with E-state index < -0.39 is 117 Å². The predicted octanol–water partition coefficient (Wildman–Crippen LogP) is 2.96. The molecular weight excluding hydrogens is 1090 g/mol. The van der Waals surface area contributed by atoms with Crippen LogP contribution in [0.15, 0.2) is 68.2 Å². The van der Waals surface area contributed by atoms with Crippen LogP contribution in [0.3, 0.4) is 0 Å². The molecule has 24 nitrogen and oxygen atoms in total. The Balaban J connectivity index is 1.53. The fraction of sp³-hybridized carbons (Fsp3) is 0.519. The fourth-order valence-corrected chi connectivity index (χ4v) is 11.5. The number of esters is 1. The third-order valence-electron chi connectivity index (χ3n) is 12.5. The van der Waals surface area contributed by atoms with Crippen LogP contribution in [0.25, 0.3) is 0 Å². The minimum absolute atomic E-state index is 0.0157. The number of benzene rings is 3. The monoisotopic (exact) mass is 1160 g/mol. The number of nitrogens with one attached hydrogen (secondary N) is 5. The van der Waals surface area contributed by atoms with E-state index in [-0.39, 0.29) is 61.6 Å². The quantitative estimate of drug-likeness (QED) is 0.0151. The molecule has 1 aliphatic rings. The normalized spacial score (nSPS) is 15.2. The SMILES string of the molecule is CC(=O)N[C@@H](CCC(=O)OC(C)(C)C)C(=O)N[C@@H](Cc1ccc(OS(=O)(=O)c2ccc(S(=O)(=O)O)cc2)cc1)C(=O)N[C@@H](CC(C)C)C(=O)N[C@@H](CCCN=C(N)NS(=O)(=O)c1c(C)c(C)c2c(c1C)CCC(C)(C)O2)C(N)=O. The highest BCUT2D eigenvalue weighted by Gasteiger charge is 2.35. The number of hydrogen-bond acceptors (Lipinski definition) is 16. The first-order valence-corrected chi connectivity index (χ1v) is 29.7. The number of carbonyl (C=O) groups is 6. The average molecular weight is 1160 g/mol. The van der Waals surface area contributed by atoms with E-state index >= 15 is 0 Å². The second-order valence-corrected chi connectivity index (χ2v) is 25.9. The van der Waals surface area contributed by atoms with E-state index in [9.17, 15) is 58.6 Å². The molecule has 27 heteroatoms. The maximum atomic E-state index is 14.4. The Labute approximate surface area is 462 Å². The van der Waals surface area contributed by atoms with Crippen LogP contribution in [0.5, 0.6) is 11.5 Å². The Morgan fingerprint density at radius 3 is 1.87 bits per heavy atom. The van der Waals surface area contributed by atoms with Gasteiger partial charge in [-0.1, -0.05) is 26.0 Å². The summed E-state index contributed by atoms with van der Waals surface area (Å²) in [6.07, 6.45) is 0.465. The molecule has 436 valence electrons. The minimum Gasteiger partial charge on any atom is -0.487 e. The lowest BCUT2D eigenvalue weighted by molar-refractivity contribution is -0.155. The molecule has 0 saturated carbocycles. The van der Waals surface area contributed by atoms with Gasteiger partial charge in [-0.2, -0.15) is 16.8 Å². The van der Waals surface area contributed by atoms with Crippen molar-refractivity contribution in [2.24, 2.45) is 22.4 Å². The first-order valence-electron chi connectivity index (χ1n) is 25.3. The summed E-state index contributed by atoms with van der Waals surface area (Å²) in [5.41, 5.74) is 13.4. The van der Waals surface area contributed by atoms with Gasteiger partial charge in [0.2, 0.25) is 35.5 Å². The number of nitrogens with zero attached hydrogens (tertiary/aromatic N) is 1. The molecule has 1 aliphatic heterocycles. The van der Waals surface area contributed by atoms with Gasteiger partial charge in [0, 0.05) is 26.3 Å². The number of hydrogen-bond donors (Lipinski definition) is 8. The largest absolute Gasteiger partial charge is 0.487 e. The van der Waals surface area contributed by atoms with E-state index in [1.165, 1.54) is 24.3 Å². The maximum absolute atomic E-state index is 14.4. The number of guanidine groups is 1. The summed E-state index contributed by atoms with van der Waals surface area (Å²) < 4.78 is 105. The number of nitrogens with two attached hydrogens (primary N) is 2. The van der Waals surface area contributed by atoms with Crippen LogP contribution < -0.4 is 46.4 Å². The van der Waals surface area contributed by atoms with Gasteiger partial charge in [0.15, 0.2) is 0 Å². The lowest BCUT2D eigenvalue weighted by atomic mass is 9.88. The summed E-state index contributed by atoms with van der Waals surface area (Å²) in [6, 6.07) is 3.31. The molecule has 10 N–H and O–H groups in total. The zero-order valence-corrected chi connectivity index (χ0v) is 48.7. The first-order chi connectivity index (χ1) is 36.4. The summed E-state index contributed by atoms with van der Waals surface area (Å²) >= 11 is 0. The Hall–Kier alpha value is -6.84. The number of carbonyl (C=O) groups excluding carboxylic acids is 6. The van der Waals surface area contributed by atoms with Gasteiger partial charge in [-0.25, -0.2) is 13.1 Å². The Morgan fingerprint density at radius 1 is 0.759 bits per heavy atom. The van der Waals surface area contributed by atoms with E-state index in [2.05, 4.69) is 31.0 Å². The minimum atomic E-state index is -4.61. The molecule has 0 aliphatic carbocycles. The number of ether oxygens (including phenoxy) is 2. The molecule has 0 saturated heterocycles. The molecule has 0 fully saturated rings. The number of sulfonamides is 1. The van der Waals surface area contributed by atoms with E-state index in [4.69, 9.17) is 25.1 Å². The van der Waals surface area contributed by atoms with Crippen LogP contribution in [0.2, 0.25) is 0 Å². The molecule has 1 heterocycles. The highest BCUT2D eigenvalue weighted by atomic mass is 32.2. The smallest absolute Gasteiger partial charge is 0.339 e. The molecule has 0 unspecified atom stereocenters. The molecule has 0 radical (unpaired) electrons. The highest BCUT2D eigenvalue weighted by molar-refractivity contribution is 7.90. The van der Waals surface area contributed by atoms with Crippen molar-refractivity contribution in [3.8, 4) is 11.5 Å². The third kappa shape index (κ3) is 19.2. The standard InChI is InChI=1S/C52H74N8O16S3/c1-29(2)27-41(48(65)57-39(46(53)63)13-12-26-55-50(54)60-77(67,68)45-31(4)30(3)44-38(32(45)5)24-25-52(10,11)75-44)58-49(66)42(59-47(64)40(56-33(6)61)22-23-43(62)74-51(7,8)9)28-34-14-16-35(17-15-34)76-79(72,73)37-20-18-36(19-21-37)78(69,70)71/h14-21,29,39-42H,12-13,22-28H2,1-11H3,(H2,53,63)(H,56,61)(H,57,65)(H,58,66)(H,59,64)(H3,54,55,60)(H,69,70,71)/t39-,40-,41-,42-/m0/s1. The molecule has 3 aromatic carbocycles. The van der Waals surface area contributed by atoms with Gasteiger partial charge in [0.05, 0.1) is 9.79 Å². The number of fused-ring (bicyclic) bond motifs is 1. The van der Waals surface area contributed by atoms with Gasteiger partial charge in [-0.15, -0.1) is 0 Å². The molecule has 79 heavy (non-hydrogen) atoms. The van der Waals surface area contributed by atoms with Gasteiger partial charge in [-0.3, -0.25) is 38.3 Å². The Morgan fingerprint density at radius 2 is 1.32 bits per heavy atom. The van der Waals surface area contributed by atoms with Crippen molar-refractivity contribution in [3.63, 3.8) is 0 Å². The van der Waals surface area contributed by atoms with E-state index in [0.717, 1.165) is 36.8 Å².